The summed E-state index contributed by atoms with van der Waals surface area (Å²) in [4.78, 5) is 10.7. The van der Waals surface area contributed by atoms with Crippen LogP contribution < -0.4 is 5.32 Å². The molecule has 1 aromatic carbocycles. The molecular weight excluding hydrogens is 182 g/mol. The van der Waals surface area contributed by atoms with Gasteiger partial charge in [0.1, 0.15) is 0 Å². The molecule has 1 unspecified atom stereocenters. The number of anilines is 1. The van der Waals surface area contributed by atoms with Gasteiger partial charge in [-0.3, -0.25) is 0 Å². The third-order valence-corrected chi connectivity index (χ3v) is 2.39. The van der Waals surface area contributed by atoms with E-state index in [4.69, 9.17) is 5.11 Å². The van der Waals surface area contributed by atoms with Gasteiger partial charge in [0.2, 0.25) is 0 Å². The first-order valence-electron chi connectivity index (χ1n) is 4.47. The molecule has 14 heavy (non-hydrogen) atoms. The van der Waals surface area contributed by atoms with Crippen molar-refractivity contribution in [2.45, 2.75) is 12.5 Å². The van der Waals surface area contributed by atoms with E-state index in [9.17, 15) is 9.90 Å². The largest absolute Gasteiger partial charge is 0.478 e. The van der Waals surface area contributed by atoms with Crippen LogP contribution in [-0.2, 0) is 0 Å². The summed E-state index contributed by atoms with van der Waals surface area (Å²) in [5, 5.41) is 21.4. The predicted molar refractivity (Wildman–Crippen MR) is 51.5 cm³/mol. The normalized spacial score (nSPS) is 19.6. The van der Waals surface area contributed by atoms with Gasteiger partial charge in [-0.2, -0.15) is 0 Å². The van der Waals surface area contributed by atoms with Gasteiger partial charge in [-0.05, 0) is 18.6 Å². The van der Waals surface area contributed by atoms with Crippen LogP contribution in [0.15, 0.2) is 18.2 Å². The van der Waals surface area contributed by atoms with Gasteiger partial charge >= 0.3 is 5.97 Å². The van der Waals surface area contributed by atoms with E-state index in [2.05, 4.69) is 5.32 Å². The van der Waals surface area contributed by atoms with Gasteiger partial charge in [0, 0.05) is 17.8 Å². The summed E-state index contributed by atoms with van der Waals surface area (Å²) < 4.78 is 0. The Hall–Kier alpha value is -1.55. The molecule has 0 saturated carbocycles. The number of nitrogens with one attached hydrogen (secondary N) is 1. The molecular formula is C10H11NO3. The van der Waals surface area contributed by atoms with Crippen molar-refractivity contribution in [3.63, 3.8) is 0 Å². The van der Waals surface area contributed by atoms with Crippen molar-refractivity contribution in [3.05, 3.63) is 29.3 Å². The molecule has 0 aliphatic carbocycles. The third-order valence-electron chi connectivity index (χ3n) is 2.39. The summed E-state index contributed by atoms with van der Waals surface area (Å²) in [6.07, 6.45) is 0.188. The summed E-state index contributed by atoms with van der Waals surface area (Å²) in [7, 11) is 0. The van der Waals surface area contributed by atoms with Gasteiger partial charge in [-0.15, -0.1) is 0 Å². The summed E-state index contributed by atoms with van der Waals surface area (Å²) >= 11 is 0. The second-order valence-corrected chi connectivity index (χ2v) is 3.34. The molecule has 1 atom stereocenters. The molecule has 1 aliphatic heterocycles. The van der Waals surface area contributed by atoms with Gasteiger partial charge in [0.15, 0.2) is 0 Å². The zero-order chi connectivity index (χ0) is 10.1. The lowest BCUT2D eigenvalue weighted by molar-refractivity contribution is 0.0696. The van der Waals surface area contributed by atoms with Crippen LogP contribution in [0.1, 0.15) is 28.4 Å². The quantitative estimate of drug-likeness (QED) is 0.627. The van der Waals surface area contributed by atoms with E-state index in [1.165, 1.54) is 6.07 Å². The fraction of sp³-hybridized carbons (Fsp3) is 0.300. The van der Waals surface area contributed by atoms with Crippen LogP contribution in [0.25, 0.3) is 0 Å². The molecule has 1 heterocycles. The maximum atomic E-state index is 10.7. The lowest BCUT2D eigenvalue weighted by Gasteiger charge is -2.22. The number of fused-ring (bicyclic) bond motifs is 1. The number of carboxylic acid groups (broad SMARTS) is 1. The molecule has 74 valence electrons. The molecule has 0 bridgehead atoms. The highest BCUT2D eigenvalue weighted by Gasteiger charge is 2.18. The minimum absolute atomic E-state index is 0.241. The summed E-state index contributed by atoms with van der Waals surface area (Å²) in [5.74, 6) is -0.949. The van der Waals surface area contributed by atoms with E-state index in [-0.39, 0.29) is 5.56 Å². The molecule has 2 rings (SSSR count). The first-order valence-corrected chi connectivity index (χ1v) is 4.47. The van der Waals surface area contributed by atoms with Crippen molar-refractivity contribution in [1.29, 1.82) is 0 Å². The number of rotatable bonds is 1. The Labute approximate surface area is 81.2 Å². The molecule has 0 aromatic heterocycles. The average molecular weight is 193 g/mol. The number of aliphatic hydroxyl groups is 1. The summed E-state index contributed by atoms with van der Waals surface area (Å²) in [6.45, 7) is 0.678. The van der Waals surface area contributed by atoms with E-state index >= 15 is 0 Å². The van der Waals surface area contributed by atoms with Crippen LogP contribution in [0.2, 0.25) is 0 Å². The predicted octanol–water partition coefficient (Wildman–Crippen LogP) is 1.23. The number of aliphatic hydroxyl groups excluding tert-OH is 1. The molecule has 4 heteroatoms. The lowest BCUT2D eigenvalue weighted by atomic mass is 9.99. The van der Waals surface area contributed by atoms with E-state index < -0.39 is 12.1 Å². The molecule has 4 nitrogen and oxygen atoms in total. The molecule has 3 N–H and O–H groups in total. The fourth-order valence-corrected chi connectivity index (χ4v) is 1.63. The monoisotopic (exact) mass is 193 g/mol. The zero-order valence-electron chi connectivity index (χ0n) is 7.53. The Kier molecular flexibility index (Phi) is 2.13. The molecule has 0 spiro atoms. The Morgan fingerprint density at radius 1 is 1.50 bits per heavy atom. The van der Waals surface area contributed by atoms with Gasteiger partial charge in [0.05, 0.1) is 11.7 Å². The highest BCUT2D eigenvalue weighted by molar-refractivity contribution is 5.89. The van der Waals surface area contributed by atoms with Crippen LogP contribution in [0.5, 0.6) is 0 Å². The molecule has 1 aliphatic rings. The van der Waals surface area contributed by atoms with E-state index in [0.29, 0.717) is 13.0 Å². The van der Waals surface area contributed by atoms with Crippen molar-refractivity contribution in [3.8, 4) is 0 Å². The first kappa shape index (κ1) is 9.02. The van der Waals surface area contributed by atoms with Crippen LogP contribution in [0.3, 0.4) is 0 Å². The number of hydrogen-bond donors (Lipinski definition) is 3. The zero-order valence-corrected chi connectivity index (χ0v) is 7.53. The average Bonchev–Trinajstić information content (AvgIpc) is 2.17. The smallest absolute Gasteiger partial charge is 0.335 e. The number of benzene rings is 1. The van der Waals surface area contributed by atoms with Crippen LogP contribution in [-0.4, -0.2) is 22.7 Å². The second-order valence-electron chi connectivity index (χ2n) is 3.34. The summed E-state index contributed by atoms with van der Waals surface area (Å²) in [6, 6.07) is 4.73. The van der Waals surface area contributed by atoms with Gasteiger partial charge in [0.25, 0.3) is 0 Å². The Bertz CT molecular complexity index is 376. The minimum atomic E-state index is -0.949. The second kappa shape index (κ2) is 3.31. The third kappa shape index (κ3) is 1.44. The van der Waals surface area contributed by atoms with Crippen LogP contribution >= 0.6 is 0 Å². The van der Waals surface area contributed by atoms with Crippen molar-refractivity contribution in [2.24, 2.45) is 0 Å². The Balaban J connectivity index is 2.44. The minimum Gasteiger partial charge on any atom is -0.478 e. The SMILES string of the molecule is O=C(O)c1ccc2c(c1)NCCC2O. The lowest BCUT2D eigenvalue weighted by Crippen LogP contribution is -2.17. The van der Waals surface area contributed by atoms with Gasteiger partial charge < -0.3 is 15.5 Å². The Morgan fingerprint density at radius 3 is 3.00 bits per heavy atom. The standard InChI is InChI=1S/C10H11NO3/c12-9-3-4-11-8-5-6(10(13)14)1-2-7(8)9/h1-2,5,9,11-12H,3-4H2,(H,13,14). The number of carbonyl (C=O) groups is 1. The first-order chi connectivity index (χ1) is 6.68. The molecule has 0 fully saturated rings. The molecule has 0 saturated heterocycles. The van der Waals surface area contributed by atoms with E-state index in [1.807, 2.05) is 0 Å². The van der Waals surface area contributed by atoms with Crippen LogP contribution in [0.4, 0.5) is 5.69 Å². The molecule has 0 radical (unpaired) electrons. The number of hydrogen-bond acceptors (Lipinski definition) is 3. The Morgan fingerprint density at radius 2 is 2.29 bits per heavy atom. The number of carboxylic acids is 1. The highest BCUT2D eigenvalue weighted by Crippen LogP contribution is 2.30. The van der Waals surface area contributed by atoms with Crippen molar-refractivity contribution in [1.82, 2.24) is 0 Å². The van der Waals surface area contributed by atoms with E-state index in [0.717, 1.165) is 11.3 Å². The topological polar surface area (TPSA) is 69.6 Å². The van der Waals surface area contributed by atoms with Crippen molar-refractivity contribution >= 4 is 11.7 Å². The van der Waals surface area contributed by atoms with Gasteiger partial charge in [-0.25, -0.2) is 4.79 Å². The van der Waals surface area contributed by atoms with Crippen molar-refractivity contribution < 1.29 is 15.0 Å². The van der Waals surface area contributed by atoms with Crippen LogP contribution in [0, 0.1) is 0 Å². The van der Waals surface area contributed by atoms with Crippen molar-refractivity contribution in [2.75, 3.05) is 11.9 Å². The fourth-order valence-electron chi connectivity index (χ4n) is 1.63. The van der Waals surface area contributed by atoms with Gasteiger partial charge in [-0.1, -0.05) is 6.07 Å². The molecule has 1 aromatic rings. The van der Waals surface area contributed by atoms with E-state index in [1.54, 1.807) is 12.1 Å². The number of aromatic carboxylic acids is 1. The highest BCUT2D eigenvalue weighted by atomic mass is 16.4. The molecule has 0 amide bonds. The maximum absolute atomic E-state index is 10.7. The maximum Gasteiger partial charge on any atom is 0.335 e. The summed E-state index contributed by atoms with van der Waals surface area (Å²) in [5.41, 5.74) is 1.75.